The van der Waals surface area contributed by atoms with Crippen LogP contribution in [0.25, 0.3) is 10.2 Å². The van der Waals surface area contributed by atoms with Crippen molar-refractivity contribution in [2.24, 2.45) is 0 Å². The van der Waals surface area contributed by atoms with E-state index in [1.807, 2.05) is 30.3 Å². The molecule has 0 bridgehead atoms. The van der Waals surface area contributed by atoms with Crippen LogP contribution in [0.15, 0.2) is 34.9 Å². The van der Waals surface area contributed by atoms with Crippen molar-refractivity contribution in [3.05, 3.63) is 39.8 Å². The molecule has 0 saturated heterocycles. The highest BCUT2D eigenvalue weighted by atomic mass is 79.9. The maximum atomic E-state index is 12.5. The molecule has 0 unspecified atom stereocenters. The number of fused-ring (bicyclic) bond motifs is 1. The van der Waals surface area contributed by atoms with E-state index in [1.54, 1.807) is 19.1 Å². The van der Waals surface area contributed by atoms with E-state index in [-0.39, 0.29) is 5.91 Å². The molecule has 0 atom stereocenters. The highest BCUT2D eigenvalue weighted by Crippen LogP contribution is 2.30. The molecule has 21 heavy (non-hydrogen) atoms. The van der Waals surface area contributed by atoms with E-state index in [4.69, 9.17) is 4.74 Å². The molecule has 0 spiro atoms. The lowest BCUT2D eigenvalue weighted by Crippen LogP contribution is -2.25. The first-order valence-electron chi connectivity index (χ1n) is 6.15. The number of hydrogen-bond donors (Lipinski definition) is 1. The molecule has 1 amide bonds. The van der Waals surface area contributed by atoms with Crippen LogP contribution in [0.4, 0.5) is 5.69 Å². The average Bonchev–Trinajstić information content (AvgIpc) is 3.08. The minimum absolute atomic E-state index is 0.0601. The van der Waals surface area contributed by atoms with Gasteiger partial charge in [0.25, 0.3) is 5.91 Å². The van der Waals surface area contributed by atoms with Gasteiger partial charge < -0.3 is 9.64 Å². The van der Waals surface area contributed by atoms with Crippen molar-refractivity contribution < 1.29 is 9.53 Å². The number of anilines is 1. The number of thiophene rings is 1. The topological polar surface area (TPSA) is 58.2 Å². The second kappa shape index (κ2) is 5.50. The monoisotopic (exact) mass is 365 g/mol. The maximum absolute atomic E-state index is 12.5. The Morgan fingerprint density at radius 1 is 1.38 bits per heavy atom. The Morgan fingerprint density at radius 3 is 2.71 bits per heavy atom. The van der Waals surface area contributed by atoms with E-state index >= 15 is 0 Å². The van der Waals surface area contributed by atoms with Crippen LogP contribution in [-0.2, 0) is 0 Å². The Bertz CT molecular complexity index is 794. The average molecular weight is 366 g/mol. The smallest absolute Gasteiger partial charge is 0.268 e. The van der Waals surface area contributed by atoms with Gasteiger partial charge in [0, 0.05) is 18.1 Å². The number of aromatic nitrogens is 2. The number of benzene rings is 1. The third kappa shape index (κ3) is 2.54. The molecule has 3 rings (SSSR count). The standard InChI is InChI=1S/C14H12BrN3O2S/c1-18(8-3-5-9(20-2)6-4-8)14(19)11-7-10-12(15)16-17-13(10)21-11/h3-7H,1-2H3,(H,16,17). The molecular formula is C14H12BrN3O2S. The van der Waals surface area contributed by atoms with Crippen molar-refractivity contribution in [2.45, 2.75) is 0 Å². The van der Waals surface area contributed by atoms with Crippen LogP contribution in [-0.4, -0.2) is 30.3 Å². The zero-order valence-electron chi connectivity index (χ0n) is 11.4. The molecule has 0 saturated carbocycles. The number of hydrogen-bond acceptors (Lipinski definition) is 4. The summed E-state index contributed by atoms with van der Waals surface area (Å²) in [5, 5.41) is 7.89. The van der Waals surface area contributed by atoms with Crippen molar-refractivity contribution >= 4 is 49.1 Å². The summed E-state index contributed by atoms with van der Waals surface area (Å²) in [5.41, 5.74) is 0.812. The number of carbonyl (C=O) groups excluding carboxylic acids is 1. The number of amides is 1. The Labute approximate surface area is 133 Å². The zero-order valence-corrected chi connectivity index (χ0v) is 13.8. The highest BCUT2D eigenvalue weighted by molar-refractivity contribution is 9.10. The molecule has 0 aliphatic heterocycles. The molecule has 5 nitrogen and oxygen atoms in total. The molecule has 2 heterocycles. The number of rotatable bonds is 3. The van der Waals surface area contributed by atoms with Crippen LogP contribution < -0.4 is 9.64 Å². The van der Waals surface area contributed by atoms with Crippen LogP contribution in [0.5, 0.6) is 5.75 Å². The summed E-state index contributed by atoms with van der Waals surface area (Å²) >= 11 is 4.75. The first-order chi connectivity index (χ1) is 10.1. The third-order valence-corrected chi connectivity index (χ3v) is 4.80. The predicted octanol–water partition coefficient (Wildman–Crippen LogP) is 3.67. The van der Waals surface area contributed by atoms with Gasteiger partial charge >= 0.3 is 0 Å². The van der Waals surface area contributed by atoms with E-state index in [1.165, 1.54) is 11.3 Å². The van der Waals surface area contributed by atoms with E-state index < -0.39 is 0 Å². The summed E-state index contributed by atoms with van der Waals surface area (Å²) in [5.74, 6) is 0.702. The van der Waals surface area contributed by atoms with Gasteiger partial charge in [-0.25, -0.2) is 0 Å². The molecule has 0 fully saturated rings. The van der Waals surface area contributed by atoms with Gasteiger partial charge in [-0.1, -0.05) is 0 Å². The van der Waals surface area contributed by atoms with Gasteiger partial charge in [-0.15, -0.1) is 11.3 Å². The fourth-order valence-corrected chi connectivity index (χ4v) is 3.47. The fraction of sp³-hybridized carbons (Fsp3) is 0.143. The molecule has 1 N–H and O–H groups in total. The molecule has 0 aliphatic carbocycles. The van der Waals surface area contributed by atoms with Gasteiger partial charge in [-0.05, 0) is 46.3 Å². The molecule has 7 heteroatoms. The van der Waals surface area contributed by atoms with E-state index in [2.05, 4.69) is 26.1 Å². The van der Waals surface area contributed by atoms with Gasteiger partial charge in [-0.2, -0.15) is 5.10 Å². The maximum Gasteiger partial charge on any atom is 0.268 e. The van der Waals surface area contributed by atoms with Crippen molar-refractivity contribution in [1.29, 1.82) is 0 Å². The molecule has 3 aromatic rings. The summed E-state index contributed by atoms with van der Waals surface area (Å²) in [6.07, 6.45) is 0. The Morgan fingerprint density at radius 2 is 2.10 bits per heavy atom. The van der Waals surface area contributed by atoms with Crippen LogP contribution in [0.1, 0.15) is 9.67 Å². The van der Waals surface area contributed by atoms with Gasteiger partial charge in [0.15, 0.2) is 0 Å². The van der Waals surface area contributed by atoms with Gasteiger partial charge in [0.1, 0.15) is 15.2 Å². The largest absolute Gasteiger partial charge is 0.497 e. The van der Waals surface area contributed by atoms with Crippen LogP contribution in [0.3, 0.4) is 0 Å². The number of methoxy groups -OCH3 is 1. The molecule has 108 valence electrons. The summed E-state index contributed by atoms with van der Waals surface area (Å²) < 4.78 is 5.91. The normalized spacial score (nSPS) is 10.8. The lowest BCUT2D eigenvalue weighted by Gasteiger charge is -2.16. The molecule has 2 aromatic heterocycles. The van der Waals surface area contributed by atoms with E-state index in [9.17, 15) is 4.79 Å². The number of nitrogens with zero attached hydrogens (tertiary/aromatic N) is 2. The van der Waals surface area contributed by atoms with Crippen molar-refractivity contribution in [1.82, 2.24) is 10.2 Å². The molecule has 0 aliphatic rings. The van der Waals surface area contributed by atoms with Crippen LogP contribution >= 0.6 is 27.3 Å². The SMILES string of the molecule is COc1ccc(N(C)C(=O)c2cc3c(Br)[nH]nc3s2)cc1. The van der Waals surface area contributed by atoms with Gasteiger partial charge in [-0.3, -0.25) is 9.89 Å². The van der Waals surface area contributed by atoms with Crippen molar-refractivity contribution in [3.63, 3.8) is 0 Å². The Hall–Kier alpha value is -1.86. The summed E-state index contributed by atoms with van der Waals surface area (Å²) in [7, 11) is 3.37. The first kappa shape index (κ1) is 14.1. The highest BCUT2D eigenvalue weighted by Gasteiger charge is 2.18. The summed E-state index contributed by atoms with van der Waals surface area (Å²) in [6.45, 7) is 0. The Kier molecular flexibility index (Phi) is 3.69. The fourth-order valence-electron chi connectivity index (χ4n) is 1.98. The van der Waals surface area contributed by atoms with Gasteiger partial charge in [0.2, 0.25) is 0 Å². The van der Waals surface area contributed by atoms with Crippen molar-refractivity contribution in [3.8, 4) is 5.75 Å². The summed E-state index contributed by atoms with van der Waals surface area (Å²) in [6, 6.07) is 9.21. The predicted molar refractivity (Wildman–Crippen MR) is 87.4 cm³/mol. The molecular weight excluding hydrogens is 354 g/mol. The number of carbonyl (C=O) groups is 1. The number of halogens is 1. The number of H-pyrrole nitrogens is 1. The van der Waals surface area contributed by atoms with E-state index in [0.717, 1.165) is 26.3 Å². The number of aromatic amines is 1. The van der Waals surface area contributed by atoms with Gasteiger partial charge in [0.05, 0.1) is 12.0 Å². The van der Waals surface area contributed by atoms with Crippen LogP contribution in [0.2, 0.25) is 0 Å². The zero-order chi connectivity index (χ0) is 15.0. The minimum atomic E-state index is -0.0601. The second-order valence-corrected chi connectivity index (χ2v) is 6.25. The third-order valence-electron chi connectivity index (χ3n) is 3.18. The first-order valence-corrected chi connectivity index (χ1v) is 7.76. The second-order valence-electron chi connectivity index (χ2n) is 4.43. The number of nitrogens with one attached hydrogen (secondary N) is 1. The van der Waals surface area contributed by atoms with Crippen LogP contribution in [0, 0.1) is 0 Å². The quantitative estimate of drug-likeness (QED) is 0.770. The van der Waals surface area contributed by atoms with Crippen molar-refractivity contribution in [2.75, 3.05) is 19.1 Å². The lowest BCUT2D eigenvalue weighted by atomic mass is 10.2. The van der Waals surface area contributed by atoms with E-state index in [0.29, 0.717) is 4.88 Å². The minimum Gasteiger partial charge on any atom is -0.497 e. The lowest BCUT2D eigenvalue weighted by molar-refractivity contribution is 0.0997. The molecule has 1 aromatic carbocycles. The summed E-state index contributed by atoms with van der Waals surface area (Å²) in [4.78, 5) is 15.6. The number of ether oxygens (including phenoxy) is 1. The molecule has 0 radical (unpaired) electrons. The Balaban J connectivity index is 1.88.